The predicted octanol–water partition coefficient (Wildman–Crippen LogP) is 3.40. The second kappa shape index (κ2) is 6.96. The number of halogens is 2. The Morgan fingerprint density at radius 3 is 2.33 bits per heavy atom. The highest BCUT2D eigenvalue weighted by Gasteiger charge is 2.25. The lowest BCUT2D eigenvalue weighted by Crippen LogP contribution is -2.33. The second-order valence-corrected chi connectivity index (χ2v) is 7.72. The fraction of sp³-hybridized carbons (Fsp3) is 0.462. The lowest BCUT2D eigenvalue weighted by Gasteiger charge is -2.17. The van der Waals surface area contributed by atoms with Gasteiger partial charge in [-0.1, -0.05) is 37.0 Å². The van der Waals surface area contributed by atoms with Crippen molar-refractivity contribution in [3.63, 3.8) is 0 Å². The molecule has 21 heavy (non-hydrogen) atoms. The number of nitrogens with one attached hydrogen (secondary N) is 1. The van der Waals surface area contributed by atoms with Gasteiger partial charge in [0, 0.05) is 11.1 Å². The Morgan fingerprint density at radius 2 is 1.86 bits per heavy atom. The smallest absolute Gasteiger partial charge is 0.337 e. The minimum atomic E-state index is -3.94. The zero-order valence-corrected chi connectivity index (χ0v) is 14.2. The van der Waals surface area contributed by atoms with Crippen molar-refractivity contribution in [3.8, 4) is 0 Å². The van der Waals surface area contributed by atoms with Gasteiger partial charge in [0.2, 0.25) is 10.0 Å². The molecule has 0 bridgehead atoms. The van der Waals surface area contributed by atoms with Gasteiger partial charge in [-0.05, 0) is 31.4 Å². The van der Waals surface area contributed by atoms with Crippen LogP contribution in [0.1, 0.15) is 37.6 Å². The number of carbonyl (C=O) groups is 1. The highest BCUT2D eigenvalue weighted by molar-refractivity contribution is 7.89. The van der Waals surface area contributed by atoms with Gasteiger partial charge >= 0.3 is 5.97 Å². The number of rotatable bonds is 6. The van der Waals surface area contributed by atoms with E-state index in [-0.39, 0.29) is 26.5 Å². The Bertz CT molecular complexity index is 644. The van der Waals surface area contributed by atoms with Crippen molar-refractivity contribution in [2.24, 2.45) is 5.92 Å². The summed E-state index contributed by atoms with van der Waals surface area (Å²) in [5.74, 6) is -1.03. The number of carboxylic acid groups (broad SMARTS) is 1. The summed E-state index contributed by atoms with van der Waals surface area (Å²) >= 11 is 11.7. The molecule has 0 heterocycles. The van der Waals surface area contributed by atoms with E-state index in [1.807, 2.05) is 13.8 Å². The first-order valence-corrected chi connectivity index (χ1v) is 8.53. The summed E-state index contributed by atoms with van der Waals surface area (Å²) in [5.41, 5.74) is -0.346. The number of carboxylic acids is 1. The molecule has 0 aliphatic rings. The second-order valence-electron chi connectivity index (χ2n) is 5.22. The Hall–Kier alpha value is -0.820. The van der Waals surface area contributed by atoms with E-state index < -0.39 is 16.0 Å². The van der Waals surface area contributed by atoms with Crippen LogP contribution < -0.4 is 4.72 Å². The predicted molar refractivity (Wildman–Crippen MR) is 82.7 cm³/mol. The van der Waals surface area contributed by atoms with Gasteiger partial charge < -0.3 is 5.11 Å². The first-order valence-electron chi connectivity index (χ1n) is 6.29. The maximum absolute atomic E-state index is 12.3. The van der Waals surface area contributed by atoms with E-state index in [0.29, 0.717) is 12.3 Å². The fourth-order valence-electron chi connectivity index (χ4n) is 2.00. The van der Waals surface area contributed by atoms with Crippen LogP contribution in [0.5, 0.6) is 0 Å². The van der Waals surface area contributed by atoms with Crippen LogP contribution in [0.2, 0.25) is 10.0 Å². The standard InChI is InChI=1S/C13H17Cl2NO4S/c1-7(2)4-8(3)16-21(19,20)11-6-9(14)5-10(12(11)15)13(17)18/h5-8,16H,4H2,1-3H3,(H,17,18). The van der Waals surface area contributed by atoms with Crippen LogP contribution in [0.3, 0.4) is 0 Å². The van der Waals surface area contributed by atoms with Crippen LogP contribution in [-0.2, 0) is 10.0 Å². The van der Waals surface area contributed by atoms with Gasteiger partial charge in [-0.2, -0.15) is 0 Å². The zero-order chi connectivity index (χ0) is 16.4. The van der Waals surface area contributed by atoms with Crippen molar-refractivity contribution in [2.75, 3.05) is 0 Å². The molecule has 1 aromatic carbocycles. The third-order valence-corrected chi connectivity index (χ3v) is 5.06. The van der Waals surface area contributed by atoms with Crippen molar-refractivity contribution in [1.29, 1.82) is 0 Å². The summed E-state index contributed by atoms with van der Waals surface area (Å²) < 4.78 is 27.1. The molecule has 0 aromatic heterocycles. The molecule has 0 aliphatic carbocycles. The molecule has 1 unspecified atom stereocenters. The van der Waals surface area contributed by atoms with Crippen molar-refractivity contribution < 1.29 is 18.3 Å². The lowest BCUT2D eigenvalue weighted by atomic mass is 10.1. The van der Waals surface area contributed by atoms with Gasteiger partial charge in [0.15, 0.2) is 0 Å². The molecule has 0 fully saturated rings. The van der Waals surface area contributed by atoms with Crippen molar-refractivity contribution >= 4 is 39.2 Å². The van der Waals surface area contributed by atoms with E-state index in [2.05, 4.69) is 4.72 Å². The SMILES string of the molecule is CC(C)CC(C)NS(=O)(=O)c1cc(Cl)cc(C(=O)O)c1Cl. The molecule has 118 valence electrons. The topological polar surface area (TPSA) is 83.5 Å². The van der Waals surface area contributed by atoms with E-state index in [1.54, 1.807) is 6.92 Å². The average Bonchev–Trinajstić information content (AvgIpc) is 2.29. The number of benzene rings is 1. The Morgan fingerprint density at radius 1 is 1.29 bits per heavy atom. The fourth-order valence-corrected chi connectivity index (χ4v) is 4.16. The van der Waals surface area contributed by atoms with Crippen LogP contribution in [0.25, 0.3) is 0 Å². The molecule has 1 atom stereocenters. The first kappa shape index (κ1) is 18.2. The highest BCUT2D eigenvalue weighted by atomic mass is 35.5. The normalized spacial score (nSPS) is 13.4. The van der Waals surface area contributed by atoms with E-state index in [4.69, 9.17) is 28.3 Å². The highest BCUT2D eigenvalue weighted by Crippen LogP contribution is 2.29. The number of sulfonamides is 1. The maximum Gasteiger partial charge on any atom is 0.337 e. The minimum Gasteiger partial charge on any atom is -0.478 e. The van der Waals surface area contributed by atoms with E-state index in [0.717, 1.165) is 12.1 Å². The van der Waals surface area contributed by atoms with Crippen LogP contribution in [0.15, 0.2) is 17.0 Å². The largest absolute Gasteiger partial charge is 0.478 e. The average molecular weight is 354 g/mol. The van der Waals surface area contributed by atoms with Gasteiger partial charge in [0.05, 0.1) is 10.6 Å². The first-order chi connectivity index (χ1) is 9.54. The lowest BCUT2D eigenvalue weighted by molar-refractivity contribution is 0.0697. The Labute approximate surface area is 134 Å². The molecule has 0 radical (unpaired) electrons. The summed E-state index contributed by atoms with van der Waals surface area (Å²) in [7, 11) is -3.94. The molecule has 1 rings (SSSR count). The number of hydrogen-bond donors (Lipinski definition) is 2. The van der Waals surface area contributed by atoms with Crippen molar-refractivity contribution in [1.82, 2.24) is 4.72 Å². The van der Waals surface area contributed by atoms with Gasteiger partial charge in [0.25, 0.3) is 0 Å². The molecule has 0 amide bonds. The third-order valence-electron chi connectivity index (χ3n) is 2.71. The Balaban J connectivity index is 3.23. The van der Waals surface area contributed by atoms with Gasteiger partial charge in [0.1, 0.15) is 4.90 Å². The molecular formula is C13H17Cl2NO4S. The zero-order valence-electron chi connectivity index (χ0n) is 11.9. The summed E-state index contributed by atoms with van der Waals surface area (Å²) in [4.78, 5) is 10.7. The monoisotopic (exact) mass is 353 g/mol. The maximum atomic E-state index is 12.3. The summed E-state index contributed by atoms with van der Waals surface area (Å²) in [6.07, 6.45) is 0.642. The third kappa shape index (κ3) is 4.85. The number of aromatic carboxylic acids is 1. The van der Waals surface area contributed by atoms with E-state index in [9.17, 15) is 13.2 Å². The summed E-state index contributed by atoms with van der Waals surface area (Å²) in [6, 6.07) is 1.95. The van der Waals surface area contributed by atoms with E-state index >= 15 is 0 Å². The van der Waals surface area contributed by atoms with Gasteiger partial charge in [-0.25, -0.2) is 17.9 Å². The molecule has 0 spiro atoms. The van der Waals surface area contributed by atoms with Crippen LogP contribution in [0, 0.1) is 5.92 Å². The van der Waals surface area contributed by atoms with Crippen molar-refractivity contribution in [2.45, 2.75) is 38.1 Å². The van der Waals surface area contributed by atoms with Gasteiger partial charge in [-0.3, -0.25) is 0 Å². The molecule has 0 saturated heterocycles. The van der Waals surface area contributed by atoms with Crippen LogP contribution in [0.4, 0.5) is 0 Å². The number of hydrogen-bond acceptors (Lipinski definition) is 3. The molecule has 0 saturated carbocycles. The summed E-state index contributed by atoms with van der Waals surface area (Å²) in [5, 5.41) is 8.67. The summed E-state index contributed by atoms with van der Waals surface area (Å²) in [6.45, 7) is 5.67. The van der Waals surface area contributed by atoms with Crippen LogP contribution >= 0.6 is 23.2 Å². The molecular weight excluding hydrogens is 337 g/mol. The minimum absolute atomic E-state index is 0.00584. The molecule has 8 heteroatoms. The Kier molecular flexibility index (Phi) is 6.04. The van der Waals surface area contributed by atoms with Gasteiger partial charge in [-0.15, -0.1) is 0 Å². The molecule has 0 aliphatic heterocycles. The van der Waals surface area contributed by atoms with Crippen molar-refractivity contribution in [3.05, 3.63) is 27.7 Å². The quantitative estimate of drug-likeness (QED) is 0.820. The molecule has 2 N–H and O–H groups in total. The molecule has 5 nitrogen and oxygen atoms in total. The van der Waals surface area contributed by atoms with E-state index in [1.165, 1.54) is 0 Å². The molecule has 1 aromatic rings. The van der Waals surface area contributed by atoms with Crippen LogP contribution in [-0.4, -0.2) is 25.5 Å².